The van der Waals surface area contributed by atoms with Crippen molar-refractivity contribution in [3.63, 3.8) is 0 Å². The molecule has 0 aliphatic carbocycles. The second kappa shape index (κ2) is 5.16. The lowest BCUT2D eigenvalue weighted by Gasteiger charge is -2.32. The molecule has 1 unspecified atom stereocenters. The van der Waals surface area contributed by atoms with Gasteiger partial charge in [-0.15, -0.1) is 0 Å². The van der Waals surface area contributed by atoms with Crippen LogP contribution in [0.3, 0.4) is 0 Å². The van der Waals surface area contributed by atoms with E-state index < -0.39 is 0 Å². The van der Waals surface area contributed by atoms with Gasteiger partial charge in [-0.3, -0.25) is 0 Å². The Hall–Kier alpha value is -1.29. The molecule has 1 atom stereocenters. The number of likely N-dealkylation sites (N-methyl/N-ethyl adjacent to an activating group) is 1. The Kier molecular flexibility index (Phi) is 3.62. The molecular formula is C12H20N4. The number of piperidine rings is 1. The number of pyridine rings is 1. The molecule has 2 heterocycles. The predicted molar refractivity (Wildman–Crippen MR) is 67.4 cm³/mol. The van der Waals surface area contributed by atoms with Gasteiger partial charge in [-0.25, -0.2) is 4.98 Å². The minimum atomic E-state index is 0.503. The molecule has 1 fully saturated rings. The number of likely N-dealkylation sites (tertiary alicyclic amines) is 1. The van der Waals surface area contributed by atoms with Crippen LogP contribution in [-0.4, -0.2) is 35.6 Å². The van der Waals surface area contributed by atoms with E-state index in [1.165, 1.54) is 19.4 Å². The Morgan fingerprint density at radius 3 is 3.25 bits per heavy atom. The first-order chi connectivity index (χ1) is 7.78. The number of nitrogens with two attached hydrogens (primary N) is 1. The van der Waals surface area contributed by atoms with E-state index in [1.807, 2.05) is 12.1 Å². The molecule has 4 heteroatoms. The summed E-state index contributed by atoms with van der Waals surface area (Å²) in [6, 6.07) is 4.21. The number of rotatable bonds is 3. The third-order valence-electron chi connectivity index (χ3n) is 3.09. The molecular weight excluding hydrogens is 200 g/mol. The molecule has 1 aromatic rings. The van der Waals surface area contributed by atoms with Gasteiger partial charge in [0.2, 0.25) is 0 Å². The van der Waals surface area contributed by atoms with Gasteiger partial charge < -0.3 is 16.0 Å². The van der Waals surface area contributed by atoms with Gasteiger partial charge >= 0.3 is 0 Å². The lowest BCUT2D eigenvalue weighted by atomic mass is 10.1. The van der Waals surface area contributed by atoms with E-state index in [4.69, 9.17) is 5.73 Å². The molecule has 1 aliphatic rings. The average Bonchev–Trinajstić information content (AvgIpc) is 2.29. The number of nitrogen functional groups attached to an aromatic ring is 1. The highest BCUT2D eigenvalue weighted by molar-refractivity contribution is 5.48. The third-order valence-corrected chi connectivity index (χ3v) is 3.09. The minimum absolute atomic E-state index is 0.503. The van der Waals surface area contributed by atoms with Crippen molar-refractivity contribution >= 4 is 11.5 Å². The summed E-state index contributed by atoms with van der Waals surface area (Å²) < 4.78 is 0. The molecule has 2 rings (SSSR count). The van der Waals surface area contributed by atoms with Crippen molar-refractivity contribution in [2.75, 3.05) is 30.7 Å². The summed E-state index contributed by atoms with van der Waals surface area (Å²) in [6.45, 7) is 5.66. The van der Waals surface area contributed by atoms with Gasteiger partial charge in [0, 0.05) is 30.5 Å². The van der Waals surface area contributed by atoms with Crippen LogP contribution in [0.2, 0.25) is 0 Å². The molecule has 0 spiro atoms. The van der Waals surface area contributed by atoms with Crippen LogP contribution in [0.25, 0.3) is 0 Å². The van der Waals surface area contributed by atoms with Crippen molar-refractivity contribution in [1.29, 1.82) is 0 Å². The largest absolute Gasteiger partial charge is 0.399 e. The van der Waals surface area contributed by atoms with Crippen LogP contribution in [-0.2, 0) is 0 Å². The molecule has 0 amide bonds. The monoisotopic (exact) mass is 220 g/mol. The van der Waals surface area contributed by atoms with E-state index in [0.29, 0.717) is 6.04 Å². The van der Waals surface area contributed by atoms with Gasteiger partial charge in [0.15, 0.2) is 0 Å². The Bertz CT molecular complexity index is 340. The molecule has 3 N–H and O–H groups in total. The normalized spacial score (nSPS) is 21.9. The minimum Gasteiger partial charge on any atom is -0.399 e. The molecule has 88 valence electrons. The molecule has 4 nitrogen and oxygen atoms in total. The highest BCUT2D eigenvalue weighted by Gasteiger charge is 2.18. The maximum absolute atomic E-state index is 5.73. The second-order valence-electron chi connectivity index (χ2n) is 4.35. The molecule has 0 saturated carbocycles. The Balaban J connectivity index is 1.94. The van der Waals surface area contributed by atoms with Crippen molar-refractivity contribution in [1.82, 2.24) is 9.88 Å². The van der Waals surface area contributed by atoms with Gasteiger partial charge in [0.25, 0.3) is 0 Å². The number of nitrogens with one attached hydrogen (secondary N) is 1. The van der Waals surface area contributed by atoms with E-state index in [2.05, 4.69) is 22.1 Å². The molecule has 0 radical (unpaired) electrons. The van der Waals surface area contributed by atoms with Crippen LogP contribution in [0.4, 0.5) is 11.5 Å². The highest BCUT2D eigenvalue weighted by Crippen LogP contribution is 2.15. The summed E-state index contributed by atoms with van der Waals surface area (Å²) in [6.07, 6.45) is 4.22. The Morgan fingerprint density at radius 1 is 1.62 bits per heavy atom. The molecule has 0 bridgehead atoms. The van der Waals surface area contributed by atoms with E-state index in [1.54, 1.807) is 6.20 Å². The van der Waals surface area contributed by atoms with E-state index in [0.717, 1.165) is 24.6 Å². The van der Waals surface area contributed by atoms with Crippen molar-refractivity contribution < 1.29 is 0 Å². The number of hydrogen-bond acceptors (Lipinski definition) is 4. The van der Waals surface area contributed by atoms with Gasteiger partial charge in [-0.05, 0) is 32.0 Å². The zero-order valence-electron chi connectivity index (χ0n) is 9.82. The topological polar surface area (TPSA) is 54.2 Å². The fourth-order valence-electron chi connectivity index (χ4n) is 2.20. The number of nitrogens with zero attached hydrogens (tertiary/aromatic N) is 2. The predicted octanol–water partition coefficient (Wildman–Crippen LogP) is 1.56. The SMILES string of the molecule is CCN1CCCC(Nc2cc(N)ccn2)C1. The van der Waals surface area contributed by atoms with Crippen molar-refractivity contribution in [2.45, 2.75) is 25.8 Å². The van der Waals surface area contributed by atoms with Crippen molar-refractivity contribution in [3.8, 4) is 0 Å². The first kappa shape index (κ1) is 11.2. The van der Waals surface area contributed by atoms with Crippen LogP contribution < -0.4 is 11.1 Å². The third kappa shape index (κ3) is 2.85. The van der Waals surface area contributed by atoms with Crippen LogP contribution in [0.15, 0.2) is 18.3 Å². The Morgan fingerprint density at radius 2 is 2.50 bits per heavy atom. The van der Waals surface area contributed by atoms with E-state index in [-0.39, 0.29) is 0 Å². The second-order valence-corrected chi connectivity index (χ2v) is 4.35. The first-order valence-corrected chi connectivity index (χ1v) is 5.98. The van der Waals surface area contributed by atoms with Crippen molar-refractivity contribution in [2.24, 2.45) is 0 Å². The summed E-state index contributed by atoms with van der Waals surface area (Å²) in [7, 11) is 0. The smallest absolute Gasteiger partial charge is 0.128 e. The number of aromatic nitrogens is 1. The molecule has 1 aromatic heterocycles. The lowest BCUT2D eigenvalue weighted by Crippen LogP contribution is -2.41. The zero-order chi connectivity index (χ0) is 11.4. The van der Waals surface area contributed by atoms with E-state index >= 15 is 0 Å². The summed E-state index contributed by atoms with van der Waals surface area (Å²) in [5, 5.41) is 3.45. The summed E-state index contributed by atoms with van der Waals surface area (Å²) in [5.74, 6) is 0.892. The number of hydrogen-bond donors (Lipinski definition) is 2. The van der Waals surface area contributed by atoms with Crippen LogP contribution in [0.5, 0.6) is 0 Å². The van der Waals surface area contributed by atoms with Crippen LogP contribution in [0.1, 0.15) is 19.8 Å². The van der Waals surface area contributed by atoms with Gasteiger partial charge in [0.05, 0.1) is 0 Å². The molecule has 1 aliphatic heterocycles. The van der Waals surface area contributed by atoms with Gasteiger partial charge in [0.1, 0.15) is 5.82 Å². The lowest BCUT2D eigenvalue weighted by molar-refractivity contribution is 0.226. The highest BCUT2D eigenvalue weighted by atomic mass is 15.2. The van der Waals surface area contributed by atoms with Crippen LogP contribution >= 0.6 is 0 Å². The molecule has 16 heavy (non-hydrogen) atoms. The molecule has 1 saturated heterocycles. The summed E-state index contributed by atoms with van der Waals surface area (Å²) in [4.78, 5) is 6.74. The standard InChI is InChI=1S/C12H20N4/c1-2-16-7-3-4-11(9-16)15-12-8-10(13)5-6-14-12/h5-6,8,11H,2-4,7,9H2,1H3,(H3,13,14,15). The van der Waals surface area contributed by atoms with Crippen molar-refractivity contribution in [3.05, 3.63) is 18.3 Å². The number of anilines is 2. The first-order valence-electron chi connectivity index (χ1n) is 5.98. The Labute approximate surface area is 96.8 Å². The van der Waals surface area contributed by atoms with Crippen LogP contribution in [0, 0.1) is 0 Å². The fraction of sp³-hybridized carbons (Fsp3) is 0.583. The maximum atomic E-state index is 5.73. The van der Waals surface area contributed by atoms with Gasteiger partial charge in [-0.1, -0.05) is 6.92 Å². The fourth-order valence-corrected chi connectivity index (χ4v) is 2.20. The average molecular weight is 220 g/mol. The maximum Gasteiger partial charge on any atom is 0.128 e. The quantitative estimate of drug-likeness (QED) is 0.811. The summed E-state index contributed by atoms with van der Waals surface area (Å²) >= 11 is 0. The molecule has 0 aromatic carbocycles. The van der Waals surface area contributed by atoms with Gasteiger partial charge in [-0.2, -0.15) is 0 Å². The zero-order valence-corrected chi connectivity index (χ0v) is 9.82. The summed E-state index contributed by atoms with van der Waals surface area (Å²) in [5.41, 5.74) is 6.49. The van der Waals surface area contributed by atoms with E-state index in [9.17, 15) is 0 Å².